The molecule has 0 aliphatic carbocycles. The Hall–Kier alpha value is -1.69. The Morgan fingerprint density at radius 3 is 2.27 bits per heavy atom. The van der Waals surface area contributed by atoms with Crippen LogP contribution in [0.15, 0.2) is 24.3 Å². The van der Waals surface area contributed by atoms with Crippen molar-refractivity contribution in [3.8, 4) is 5.75 Å². The summed E-state index contributed by atoms with van der Waals surface area (Å²) in [4.78, 5) is 24.4. The maximum Gasteiger partial charge on any atom is 0.408 e. The lowest BCUT2D eigenvalue weighted by Crippen LogP contribution is -2.45. The predicted octanol–water partition coefficient (Wildman–Crippen LogP) is 3.13. The zero-order valence-corrected chi connectivity index (χ0v) is 14.5. The molecule has 1 rings (SSSR count). The number of alkyl carbamates (subject to hydrolysis) is 1. The van der Waals surface area contributed by atoms with Gasteiger partial charge in [0.15, 0.2) is 5.78 Å². The van der Waals surface area contributed by atoms with Gasteiger partial charge in [-0.1, -0.05) is 0 Å². The zero-order valence-electron chi connectivity index (χ0n) is 13.6. The van der Waals surface area contributed by atoms with Crippen molar-refractivity contribution in [2.75, 3.05) is 19.1 Å². The van der Waals surface area contributed by atoms with Crippen LogP contribution >= 0.6 is 11.8 Å². The lowest BCUT2D eigenvalue weighted by Gasteiger charge is -2.22. The monoisotopic (exact) mass is 325 g/mol. The van der Waals surface area contributed by atoms with Crippen molar-refractivity contribution in [2.45, 2.75) is 32.4 Å². The van der Waals surface area contributed by atoms with E-state index in [1.54, 1.807) is 52.1 Å². The number of amides is 1. The van der Waals surface area contributed by atoms with Gasteiger partial charge in [0, 0.05) is 11.3 Å². The fourth-order valence-electron chi connectivity index (χ4n) is 1.76. The van der Waals surface area contributed by atoms with Crippen LogP contribution in [-0.4, -0.2) is 42.6 Å². The molecule has 0 aliphatic rings. The van der Waals surface area contributed by atoms with Gasteiger partial charge in [0.1, 0.15) is 17.4 Å². The summed E-state index contributed by atoms with van der Waals surface area (Å²) in [6.07, 6.45) is 1.29. The van der Waals surface area contributed by atoms with Crippen LogP contribution in [0.1, 0.15) is 31.1 Å². The molecule has 0 heterocycles. The smallest absolute Gasteiger partial charge is 0.408 e. The van der Waals surface area contributed by atoms with Gasteiger partial charge in [0.25, 0.3) is 0 Å². The third-order valence-corrected chi connectivity index (χ3v) is 3.38. The topological polar surface area (TPSA) is 64.6 Å². The van der Waals surface area contributed by atoms with Crippen LogP contribution in [-0.2, 0) is 4.74 Å². The average Bonchev–Trinajstić information content (AvgIpc) is 2.44. The predicted molar refractivity (Wildman–Crippen MR) is 88.9 cm³/mol. The molecule has 122 valence electrons. The van der Waals surface area contributed by atoms with E-state index >= 15 is 0 Å². The molecule has 0 saturated carbocycles. The molecule has 1 aromatic carbocycles. The van der Waals surface area contributed by atoms with Crippen LogP contribution < -0.4 is 10.1 Å². The van der Waals surface area contributed by atoms with Crippen molar-refractivity contribution in [3.05, 3.63) is 29.8 Å². The summed E-state index contributed by atoms with van der Waals surface area (Å²) in [7, 11) is 1.57. The van der Waals surface area contributed by atoms with Gasteiger partial charge in [0.05, 0.1) is 7.11 Å². The molecule has 0 aromatic heterocycles. The van der Waals surface area contributed by atoms with Crippen molar-refractivity contribution >= 4 is 23.6 Å². The van der Waals surface area contributed by atoms with Crippen molar-refractivity contribution < 1.29 is 19.1 Å². The molecule has 22 heavy (non-hydrogen) atoms. The highest BCUT2D eigenvalue weighted by Crippen LogP contribution is 2.15. The highest BCUT2D eigenvalue weighted by Gasteiger charge is 2.24. The highest BCUT2D eigenvalue weighted by atomic mass is 32.2. The van der Waals surface area contributed by atoms with E-state index in [0.717, 1.165) is 0 Å². The lowest BCUT2D eigenvalue weighted by atomic mass is 10.1. The minimum absolute atomic E-state index is 0.150. The van der Waals surface area contributed by atoms with E-state index in [4.69, 9.17) is 9.47 Å². The molecule has 0 spiro atoms. The number of ether oxygens (including phenoxy) is 2. The average molecular weight is 325 g/mol. The molecular formula is C16H23NO4S. The second-order valence-corrected chi connectivity index (χ2v) is 6.66. The van der Waals surface area contributed by atoms with E-state index in [1.807, 2.05) is 6.26 Å². The zero-order chi connectivity index (χ0) is 16.8. The first kappa shape index (κ1) is 18.4. The molecule has 1 atom stereocenters. The molecule has 0 saturated heterocycles. The molecule has 0 radical (unpaired) electrons. The summed E-state index contributed by atoms with van der Waals surface area (Å²) in [5.41, 5.74) is -0.0761. The third kappa shape index (κ3) is 5.97. The number of hydrogen-bond donors (Lipinski definition) is 1. The number of Topliss-reactive ketones (excluding diaryl/α,β-unsaturated/α-hetero) is 1. The van der Waals surface area contributed by atoms with Gasteiger partial charge < -0.3 is 14.8 Å². The summed E-state index contributed by atoms with van der Waals surface area (Å²) in [5, 5.41) is 2.64. The molecule has 5 nitrogen and oxygen atoms in total. The molecule has 0 aliphatic heterocycles. The van der Waals surface area contributed by atoms with Crippen molar-refractivity contribution in [1.82, 2.24) is 5.32 Å². The summed E-state index contributed by atoms with van der Waals surface area (Å²) in [6.45, 7) is 5.34. The quantitative estimate of drug-likeness (QED) is 0.814. The Bertz CT molecular complexity index is 508. The van der Waals surface area contributed by atoms with Crippen molar-refractivity contribution in [2.24, 2.45) is 0 Å². The van der Waals surface area contributed by atoms with Crippen LogP contribution in [0.3, 0.4) is 0 Å². The minimum atomic E-state index is -0.627. The van der Waals surface area contributed by atoms with Gasteiger partial charge >= 0.3 is 6.09 Å². The number of carbonyl (C=O) groups excluding carboxylic acids is 2. The van der Waals surface area contributed by atoms with E-state index in [9.17, 15) is 9.59 Å². The lowest BCUT2D eigenvalue weighted by molar-refractivity contribution is 0.0498. The van der Waals surface area contributed by atoms with Crippen LogP contribution in [0.4, 0.5) is 4.79 Å². The summed E-state index contributed by atoms with van der Waals surface area (Å²) in [6, 6.07) is 6.18. The number of hydrogen-bond acceptors (Lipinski definition) is 5. The summed E-state index contributed by atoms with van der Waals surface area (Å²) >= 11 is 1.48. The largest absolute Gasteiger partial charge is 0.497 e. The molecule has 0 bridgehead atoms. The number of thioether (sulfide) groups is 1. The third-order valence-electron chi connectivity index (χ3n) is 2.72. The summed E-state index contributed by atoms with van der Waals surface area (Å²) < 4.78 is 10.3. The number of ketones is 1. The molecule has 1 N–H and O–H groups in total. The standard InChI is InChI=1S/C16H23NO4S/c1-16(2,3)21-15(19)17-13(10-22-5)14(18)11-6-8-12(20-4)9-7-11/h6-9,13H,10H2,1-5H3,(H,17,19)/t13-/m0/s1. The van der Waals surface area contributed by atoms with E-state index in [-0.39, 0.29) is 5.78 Å². The fraction of sp³-hybridized carbons (Fsp3) is 0.500. The Labute approximate surface area is 135 Å². The second kappa shape index (κ2) is 8.08. The van der Waals surface area contributed by atoms with E-state index in [2.05, 4.69) is 5.32 Å². The van der Waals surface area contributed by atoms with Gasteiger partial charge in [-0.3, -0.25) is 4.79 Å². The Morgan fingerprint density at radius 1 is 1.23 bits per heavy atom. The van der Waals surface area contributed by atoms with Crippen LogP contribution in [0.25, 0.3) is 0 Å². The number of benzene rings is 1. The Kier molecular flexibility index (Phi) is 6.74. The van der Waals surface area contributed by atoms with Gasteiger partial charge in [-0.25, -0.2) is 4.79 Å². The number of nitrogens with one attached hydrogen (secondary N) is 1. The van der Waals surface area contributed by atoms with E-state index in [0.29, 0.717) is 17.1 Å². The summed E-state index contributed by atoms with van der Waals surface area (Å²) in [5.74, 6) is 1.00. The van der Waals surface area contributed by atoms with Crippen molar-refractivity contribution in [1.29, 1.82) is 0 Å². The van der Waals surface area contributed by atoms with Crippen molar-refractivity contribution in [3.63, 3.8) is 0 Å². The molecule has 0 unspecified atom stereocenters. The highest BCUT2D eigenvalue weighted by molar-refractivity contribution is 7.98. The first-order valence-corrected chi connectivity index (χ1v) is 8.33. The van der Waals surface area contributed by atoms with Gasteiger partial charge in [-0.05, 0) is 51.3 Å². The van der Waals surface area contributed by atoms with Crippen LogP contribution in [0.5, 0.6) is 5.75 Å². The number of rotatable bonds is 6. The first-order valence-electron chi connectivity index (χ1n) is 6.93. The number of methoxy groups -OCH3 is 1. The van der Waals surface area contributed by atoms with Gasteiger partial charge in [-0.2, -0.15) is 11.8 Å². The Morgan fingerprint density at radius 2 is 1.82 bits per heavy atom. The second-order valence-electron chi connectivity index (χ2n) is 5.75. The van der Waals surface area contributed by atoms with Gasteiger partial charge in [0.2, 0.25) is 0 Å². The molecule has 6 heteroatoms. The van der Waals surface area contributed by atoms with Crippen LogP contribution in [0.2, 0.25) is 0 Å². The molecule has 0 fully saturated rings. The molecule has 1 amide bonds. The maximum atomic E-state index is 12.5. The molecular weight excluding hydrogens is 302 g/mol. The minimum Gasteiger partial charge on any atom is -0.497 e. The first-order chi connectivity index (χ1) is 10.3. The maximum absolute atomic E-state index is 12.5. The normalized spacial score (nSPS) is 12.4. The van der Waals surface area contributed by atoms with E-state index in [1.165, 1.54) is 11.8 Å². The Balaban J connectivity index is 2.80. The number of carbonyl (C=O) groups is 2. The fourth-order valence-corrected chi connectivity index (χ4v) is 2.32. The van der Waals surface area contributed by atoms with E-state index < -0.39 is 17.7 Å². The SMILES string of the molecule is COc1ccc(C(=O)[C@H](CSC)NC(=O)OC(C)(C)C)cc1. The van der Waals surface area contributed by atoms with Gasteiger partial charge in [-0.15, -0.1) is 0 Å². The molecule has 1 aromatic rings. The van der Waals surface area contributed by atoms with Crippen LogP contribution in [0, 0.1) is 0 Å².